The van der Waals surface area contributed by atoms with Crippen molar-refractivity contribution in [1.82, 2.24) is 10.6 Å². The van der Waals surface area contributed by atoms with E-state index in [1.807, 2.05) is 0 Å². The Morgan fingerprint density at radius 1 is 1.22 bits per heavy atom. The third kappa shape index (κ3) is 5.99. The van der Waals surface area contributed by atoms with Crippen molar-refractivity contribution in [3.63, 3.8) is 0 Å². The minimum absolute atomic E-state index is 0.341. The van der Waals surface area contributed by atoms with Crippen LogP contribution in [0.4, 0.5) is 0 Å². The van der Waals surface area contributed by atoms with Gasteiger partial charge in [0.05, 0.1) is 13.2 Å². The van der Waals surface area contributed by atoms with Gasteiger partial charge in [0.15, 0.2) is 6.61 Å². The van der Waals surface area contributed by atoms with Gasteiger partial charge in [-0.1, -0.05) is 25.3 Å². The number of nitriles is 1. The highest BCUT2D eigenvalue weighted by molar-refractivity contribution is 5.96. The summed E-state index contributed by atoms with van der Waals surface area (Å²) in [4.78, 5) is 35.7. The summed E-state index contributed by atoms with van der Waals surface area (Å²) in [5.74, 6) is -1.20. The molecule has 0 aromatic heterocycles. The van der Waals surface area contributed by atoms with Crippen molar-refractivity contribution in [2.24, 2.45) is 0 Å². The number of rotatable bonds is 7. The minimum Gasteiger partial charge on any atom is -0.497 e. The molecule has 8 nitrogen and oxygen atoms in total. The second-order valence-corrected chi connectivity index (χ2v) is 6.38. The van der Waals surface area contributed by atoms with E-state index in [0.29, 0.717) is 24.2 Å². The highest BCUT2D eigenvalue weighted by atomic mass is 16.5. The van der Waals surface area contributed by atoms with E-state index in [9.17, 15) is 19.6 Å². The molecule has 0 unspecified atom stereocenters. The van der Waals surface area contributed by atoms with Gasteiger partial charge in [-0.3, -0.25) is 14.4 Å². The summed E-state index contributed by atoms with van der Waals surface area (Å²) in [5, 5.41) is 14.4. The number of carbonyl (C=O) groups is 3. The fourth-order valence-corrected chi connectivity index (χ4v) is 2.94. The number of hydrogen-bond acceptors (Lipinski definition) is 6. The van der Waals surface area contributed by atoms with Crippen molar-refractivity contribution in [2.75, 3.05) is 20.3 Å². The van der Waals surface area contributed by atoms with E-state index in [2.05, 4.69) is 16.7 Å². The molecule has 0 aliphatic heterocycles. The lowest BCUT2D eigenvalue weighted by Crippen LogP contribution is -2.50. The Morgan fingerprint density at radius 3 is 2.63 bits per heavy atom. The average Bonchev–Trinajstić information content (AvgIpc) is 2.71. The van der Waals surface area contributed by atoms with Crippen molar-refractivity contribution >= 4 is 17.8 Å². The Bertz CT molecular complexity index is 735. The van der Waals surface area contributed by atoms with E-state index in [1.54, 1.807) is 24.3 Å². The van der Waals surface area contributed by atoms with E-state index in [4.69, 9.17) is 9.47 Å². The van der Waals surface area contributed by atoms with E-state index in [-0.39, 0.29) is 6.54 Å². The Hall–Kier alpha value is -3.08. The lowest BCUT2D eigenvalue weighted by Gasteiger charge is -2.31. The maximum absolute atomic E-state index is 12.0. The fourth-order valence-electron chi connectivity index (χ4n) is 2.94. The van der Waals surface area contributed by atoms with Gasteiger partial charge in [-0.15, -0.1) is 0 Å². The van der Waals surface area contributed by atoms with E-state index in [0.717, 1.165) is 19.3 Å². The van der Waals surface area contributed by atoms with E-state index >= 15 is 0 Å². The standard InChI is InChI=1S/C19H23N3O5/c1-26-15-7-5-6-14(10-15)18(25)21-11-17(24)27-12-16(23)22-19(13-20)8-3-2-4-9-19/h5-7,10H,2-4,8-9,11-12H2,1H3,(H,21,25)(H,22,23). The van der Waals surface area contributed by atoms with Gasteiger partial charge in [0.2, 0.25) is 0 Å². The van der Waals surface area contributed by atoms with Crippen LogP contribution < -0.4 is 15.4 Å². The van der Waals surface area contributed by atoms with Crippen molar-refractivity contribution < 1.29 is 23.9 Å². The number of methoxy groups -OCH3 is 1. The smallest absolute Gasteiger partial charge is 0.325 e. The highest BCUT2D eigenvalue weighted by Crippen LogP contribution is 2.27. The molecule has 1 aromatic carbocycles. The molecular weight excluding hydrogens is 350 g/mol. The SMILES string of the molecule is COc1cccc(C(=O)NCC(=O)OCC(=O)NC2(C#N)CCCCC2)c1. The first-order chi connectivity index (χ1) is 13.0. The molecule has 144 valence electrons. The maximum atomic E-state index is 12.0. The first kappa shape index (κ1) is 20.2. The Kier molecular flexibility index (Phi) is 7.17. The first-order valence-corrected chi connectivity index (χ1v) is 8.78. The summed E-state index contributed by atoms with van der Waals surface area (Å²) in [6, 6.07) is 8.65. The number of nitrogens with one attached hydrogen (secondary N) is 2. The predicted molar refractivity (Wildman–Crippen MR) is 95.9 cm³/mol. The maximum Gasteiger partial charge on any atom is 0.325 e. The molecule has 1 aliphatic carbocycles. The van der Waals surface area contributed by atoms with Gasteiger partial charge < -0.3 is 20.1 Å². The molecule has 1 aromatic rings. The molecular formula is C19H23N3O5. The molecule has 0 saturated heterocycles. The van der Waals surface area contributed by atoms with Crippen LogP contribution in [-0.2, 0) is 14.3 Å². The van der Waals surface area contributed by atoms with Crippen LogP contribution >= 0.6 is 0 Å². The highest BCUT2D eigenvalue weighted by Gasteiger charge is 2.33. The van der Waals surface area contributed by atoms with Gasteiger partial charge in [0, 0.05) is 5.56 Å². The van der Waals surface area contributed by atoms with Crippen LogP contribution in [0.2, 0.25) is 0 Å². The van der Waals surface area contributed by atoms with Crippen LogP contribution in [0.15, 0.2) is 24.3 Å². The van der Waals surface area contributed by atoms with E-state index < -0.39 is 29.9 Å². The summed E-state index contributed by atoms with van der Waals surface area (Å²) >= 11 is 0. The van der Waals surface area contributed by atoms with Crippen molar-refractivity contribution in [3.8, 4) is 11.8 Å². The molecule has 2 N–H and O–H groups in total. The van der Waals surface area contributed by atoms with Crippen LogP contribution in [0.25, 0.3) is 0 Å². The van der Waals surface area contributed by atoms with Gasteiger partial charge in [0.1, 0.15) is 17.8 Å². The van der Waals surface area contributed by atoms with Crippen molar-refractivity contribution in [3.05, 3.63) is 29.8 Å². The Morgan fingerprint density at radius 2 is 1.96 bits per heavy atom. The predicted octanol–water partition coefficient (Wildman–Crippen LogP) is 1.31. The molecule has 0 atom stereocenters. The second-order valence-electron chi connectivity index (χ2n) is 6.38. The fraction of sp³-hybridized carbons (Fsp3) is 0.474. The van der Waals surface area contributed by atoms with Gasteiger partial charge in [-0.05, 0) is 31.0 Å². The third-order valence-corrected chi connectivity index (χ3v) is 4.39. The first-order valence-electron chi connectivity index (χ1n) is 8.78. The van der Waals surface area contributed by atoms with Gasteiger partial charge in [0.25, 0.3) is 11.8 Å². The number of hydrogen-bond donors (Lipinski definition) is 2. The van der Waals surface area contributed by atoms with Crippen LogP contribution in [-0.4, -0.2) is 43.6 Å². The molecule has 1 fully saturated rings. The van der Waals surface area contributed by atoms with Crippen LogP contribution in [0, 0.1) is 11.3 Å². The van der Waals surface area contributed by atoms with Crippen LogP contribution in [0.3, 0.4) is 0 Å². The normalized spacial score (nSPS) is 15.1. The Balaban J connectivity index is 1.74. The molecule has 0 spiro atoms. The van der Waals surface area contributed by atoms with Crippen LogP contribution in [0.5, 0.6) is 5.75 Å². The summed E-state index contributed by atoms with van der Waals surface area (Å²) in [7, 11) is 1.49. The summed E-state index contributed by atoms with van der Waals surface area (Å²) in [6.45, 7) is -0.857. The zero-order chi connectivity index (χ0) is 19.7. The third-order valence-electron chi connectivity index (χ3n) is 4.39. The summed E-state index contributed by atoms with van der Waals surface area (Å²) in [5.41, 5.74) is -0.532. The molecule has 0 bridgehead atoms. The number of ether oxygens (including phenoxy) is 2. The second kappa shape index (κ2) is 9.57. The van der Waals surface area contributed by atoms with E-state index in [1.165, 1.54) is 7.11 Å². The molecule has 1 saturated carbocycles. The minimum atomic E-state index is -0.873. The molecule has 8 heteroatoms. The monoisotopic (exact) mass is 373 g/mol. The average molecular weight is 373 g/mol. The number of esters is 1. The zero-order valence-corrected chi connectivity index (χ0v) is 15.2. The van der Waals surface area contributed by atoms with Crippen LogP contribution in [0.1, 0.15) is 42.5 Å². The van der Waals surface area contributed by atoms with Gasteiger partial charge in [-0.25, -0.2) is 0 Å². The number of benzene rings is 1. The topological polar surface area (TPSA) is 118 Å². The number of amides is 2. The molecule has 0 radical (unpaired) electrons. The Labute approximate surface area is 157 Å². The van der Waals surface area contributed by atoms with Gasteiger partial charge in [-0.2, -0.15) is 5.26 Å². The quantitative estimate of drug-likeness (QED) is 0.696. The summed E-state index contributed by atoms with van der Waals surface area (Å²) in [6.07, 6.45) is 3.99. The largest absolute Gasteiger partial charge is 0.497 e. The van der Waals surface area contributed by atoms with Gasteiger partial charge >= 0.3 is 5.97 Å². The zero-order valence-electron chi connectivity index (χ0n) is 15.2. The van der Waals surface area contributed by atoms with Crippen molar-refractivity contribution in [1.29, 1.82) is 5.26 Å². The molecule has 1 aliphatic rings. The molecule has 2 amide bonds. The van der Waals surface area contributed by atoms with Crippen molar-refractivity contribution in [2.45, 2.75) is 37.6 Å². The molecule has 0 heterocycles. The lowest BCUT2D eigenvalue weighted by atomic mass is 9.83. The number of nitrogens with zero attached hydrogens (tertiary/aromatic N) is 1. The molecule has 2 rings (SSSR count). The summed E-state index contributed by atoms with van der Waals surface area (Å²) < 4.78 is 9.90. The lowest BCUT2D eigenvalue weighted by molar-refractivity contribution is -0.148. The molecule has 27 heavy (non-hydrogen) atoms. The number of carbonyl (C=O) groups excluding carboxylic acids is 3.